The van der Waals surface area contributed by atoms with Gasteiger partial charge in [-0.2, -0.15) is 0 Å². The van der Waals surface area contributed by atoms with Crippen LogP contribution in [-0.2, 0) is 0 Å². The maximum atomic E-state index is 12.8. The van der Waals surface area contributed by atoms with Crippen molar-refractivity contribution in [2.75, 3.05) is 19.8 Å². The van der Waals surface area contributed by atoms with Crippen LogP contribution in [0.25, 0.3) is 0 Å². The minimum atomic E-state index is -0.257. The van der Waals surface area contributed by atoms with Crippen molar-refractivity contribution in [1.29, 1.82) is 0 Å². The molecule has 1 unspecified atom stereocenters. The molecule has 1 heterocycles. The molecule has 0 bridgehead atoms. The zero-order valence-electron chi connectivity index (χ0n) is 12.3. The van der Waals surface area contributed by atoms with Gasteiger partial charge in [-0.05, 0) is 30.5 Å². The molecule has 0 spiro atoms. The van der Waals surface area contributed by atoms with Crippen molar-refractivity contribution in [1.82, 2.24) is 4.90 Å². The maximum absolute atomic E-state index is 12.8. The fraction of sp³-hybridized carbons (Fsp3) is 0.368. The Bertz CT molecular complexity index is 501. The molecule has 0 aliphatic carbocycles. The first-order valence-electron chi connectivity index (χ1n) is 7.80. The van der Waals surface area contributed by atoms with E-state index in [4.69, 9.17) is 0 Å². The predicted octanol–water partition coefficient (Wildman–Crippen LogP) is 4.25. The molecule has 0 amide bonds. The molecule has 2 aromatic carbocycles. The first-order chi connectivity index (χ1) is 10.4. The van der Waals surface area contributed by atoms with Crippen molar-refractivity contribution >= 4 is 0 Å². The van der Waals surface area contributed by atoms with Gasteiger partial charge in [0.1, 0.15) is 6.67 Å². The summed E-state index contributed by atoms with van der Waals surface area (Å²) in [6.07, 6.45) is 2.31. The van der Waals surface area contributed by atoms with Crippen LogP contribution in [0.3, 0.4) is 0 Å². The number of hydrogen-bond acceptors (Lipinski definition) is 1. The SMILES string of the molecule is FCCN1CCCC1C(c1ccccc1)c1ccccc1. The highest BCUT2D eigenvalue weighted by molar-refractivity contribution is 5.34. The van der Waals surface area contributed by atoms with Gasteiger partial charge in [-0.1, -0.05) is 60.7 Å². The topological polar surface area (TPSA) is 3.24 Å². The monoisotopic (exact) mass is 283 g/mol. The van der Waals surface area contributed by atoms with Crippen molar-refractivity contribution in [3.8, 4) is 0 Å². The summed E-state index contributed by atoms with van der Waals surface area (Å²) in [5, 5.41) is 0. The second-order valence-corrected chi connectivity index (χ2v) is 5.73. The van der Waals surface area contributed by atoms with Gasteiger partial charge in [0.05, 0.1) is 0 Å². The Morgan fingerprint density at radius 2 is 1.52 bits per heavy atom. The minimum absolute atomic E-state index is 0.257. The Labute approximate surface area is 126 Å². The lowest BCUT2D eigenvalue weighted by Gasteiger charge is -2.32. The Morgan fingerprint density at radius 1 is 0.952 bits per heavy atom. The number of benzene rings is 2. The summed E-state index contributed by atoms with van der Waals surface area (Å²) >= 11 is 0. The molecule has 1 saturated heterocycles. The van der Waals surface area contributed by atoms with Crippen molar-refractivity contribution < 1.29 is 4.39 Å². The number of nitrogens with zero attached hydrogens (tertiary/aromatic N) is 1. The van der Waals surface area contributed by atoms with Crippen LogP contribution in [0, 0.1) is 0 Å². The number of rotatable bonds is 5. The smallest absolute Gasteiger partial charge is 0.102 e. The highest BCUT2D eigenvalue weighted by Crippen LogP contribution is 2.36. The van der Waals surface area contributed by atoms with Gasteiger partial charge in [-0.25, -0.2) is 4.39 Å². The molecule has 3 rings (SSSR count). The molecule has 0 radical (unpaired) electrons. The van der Waals surface area contributed by atoms with Gasteiger partial charge in [0.15, 0.2) is 0 Å². The molecule has 1 aliphatic heterocycles. The van der Waals surface area contributed by atoms with E-state index in [1.54, 1.807) is 0 Å². The summed E-state index contributed by atoms with van der Waals surface area (Å²) in [5.74, 6) is 0.335. The fourth-order valence-corrected chi connectivity index (χ4v) is 3.57. The molecule has 1 fully saturated rings. The first-order valence-corrected chi connectivity index (χ1v) is 7.80. The zero-order valence-corrected chi connectivity index (χ0v) is 12.3. The van der Waals surface area contributed by atoms with E-state index >= 15 is 0 Å². The molecule has 21 heavy (non-hydrogen) atoms. The van der Waals surface area contributed by atoms with Crippen LogP contribution in [0.5, 0.6) is 0 Å². The predicted molar refractivity (Wildman–Crippen MR) is 85.3 cm³/mol. The third-order valence-corrected chi connectivity index (χ3v) is 4.49. The molecule has 0 aromatic heterocycles. The van der Waals surface area contributed by atoms with Gasteiger partial charge in [-0.3, -0.25) is 4.90 Å². The van der Waals surface area contributed by atoms with Gasteiger partial charge in [0.2, 0.25) is 0 Å². The van der Waals surface area contributed by atoms with Crippen LogP contribution in [0.15, 0.2) is 60.7 Å². The number of likely N-dealkylation sites (tertiary alicyclic amines) is 1. The van der Waals surface area contributed by atoms with Crippen LogP contribution in [0.1, 0.15) is 29.9 Å². The molecular weight excluding hydrogens is 261 g/mol. The minimum Gasteiger partial charge on any atom is -0.297 e. The van der Waals surface area contributed by atoms with E-state index in [2.05, 4.69) is 65.6 Å². The Morgan fingerprint density at radius 3 is 2.05 bits per heavy atom. The third-order valence-electron chi connectivity index (χ3n) is 4.49. The molecule has 0 saturated carbocycles. The average Bonchev–Trinajstić information content (AvgIpc) is 2.98. The van der Waals surface area contributed by atoms with Crippen LogP contribution >= 0.6 is 0 Å². The van der Waals surface area contributed by atoms with Crippen molar-refractivity contribution in [2.24, 2.45) is 0 Å². The van der Waals surface area contributed by atoms with E-state index in [-0.39, 0.29) is 6.67 Å². The van der Waals surface area contributed by atoms with E-state index in [0.717, 1.165) is 13.0 Å². The standard InChI is InChI=1S/C19H22FN/c20-13-15-21-14-7-12-18(21)19(16-8-3-1-4-9-16)17-10-5-2-6-11-17/h1-6,8-11,18-19H,7,12-15H2. The summed E-state index contributed by atoms with van der Waals surface area (Å²) in [6, 6.07) is 21.7. The Hall–Kier alpha value is -1.67. The molecule has 1 nitrogen and oxygen atoms in total. The molecule has 110 valence electrons. The van der Waals surface area contributed by atoms with Crippen molar-refractivity contribution in [2.45, 2.75) is 24.8 Å². The maximum Gasteiger partial charge on any atom is 0.102 e. The van der Waals surface area contributed by atoms with Gasteiger partial charge >= 0.3 is 0 Å². The van der Waals surface area contributed by atoms with Crippen LogP contribution < -0.4 is 0 Å². The van der Waals surface area contributed by atoms with Crippen molar-refractivity contribution in [3.63, 3.8) is 0 Å². The quantitative estimate of drug-likeness (QED) is 0.793. The van der Waals surface area contributed by atoms with Crippen LogP contribution in [0.2, 0.25) is 0 Å². The lowest BCUT2D eigenvalue weighted by molar-refractivity contribution is 0.216. The van der Waals surface area contributed by atoms with Gasteiger partial charge in [0, 0.05) is 18.5 Å². The number of halogens is 1. The molecule has 2 heteroatoms. The Kier molecular flexibility index (Phi) is 4.66. The highest BCUT2D eigenvalue weighted by atomic mass is 19.1. The average molecular weight is 283 g/mol. The lowest BCUT2D eigenvalue weighted by atomic mass is 9.84. The van der Waals surface area contributed by atoms with E-state index < -0.39 is 0 Å². The fourth-order valence-electron chi connectivity index (χ4n) is 3.57. The third kappa shape index (κ3) is 3.16. The summed E-state index contributed by atoms with van der Waals surface area (Å²) in [5.41, 5.74) is 2.67. The summed E-state index contributed by atoms with van der Waals surface area (Å²) in [4.78, 5) is 2.32. The van der Waals surface area contributed by atoms with Gasteiger partial charge in [-0.15, -0.1) is 0 Å². The largest absolute Gasteiger partial charge is 0.297 e. The second kappa shape index (κ2) is 6.86. The van der Waals surface area contributed by atoms with E-state index in [9.17, 15) is 4.39 Å². The lowest BCUT2D eigenvalue weighted by Crippen LogP contribution is -2.36. The summed E-state index contributed by atoms with van der Waals surface area (Å²) in [7, 11) is 0. The highest BCUT2D eigenvalue weighted by Gasteiger charge is 2.33. The molecule has 2 aromatic rings. The first kappa shape index (κ1) is 14.3. The second-order valence-electron chi connectivity index (χ2n) is 5.73. The summed E-state index contributed by atoms with van der Waals surface area (Å²) in [6.45, 7) is 1.32. The van der Waals surface area contributed by atoms with Crippen LogP contribution in [-0.4, -0.2) is 30.7 Å². The molecular formula is C19H22FN. The number of alkyl halides is 1. The molecule has 1 aliphatic rings. The van der Waals surface area contributed by atoms with Gasteiger partial charge in [0.25, 0.3) is 0 Å². The molecule has 0 N–H and O–H groups in total. The van der Waals surface area contributed by atoms with E-state index in [1.165, 1.54) is 17.5 Å². The number of hydrogen-bond donors (Lipinski definition) is 0. The van der Waals surface area contributed by atoms with E-state index in [1.807, 2.05) is 0 Å². The summed E-state index contributed by atoms with van der Waals surface area (Å²) < 4.78 is 12.8. The van der Waals surface area contributed by atoms with Crippen LogP contribution in [0.4, 0.5) is 4.39 Å². The van der Waals surface area contributed by atoms with Gasteiger partial charge < -0.3 is 0 Å². The zero-order chi connectivity index (χ0) is 14.5. The van der Waals surface area contributed by atoms with E-state index in [0.29, 0.717) is 18.5 Å². The Balaban J connectivity index is 1.97. The van der Waals surface area contributed by atoms with Crippen molar-refractivity contribution in [3.05, 3.63) is 71.8 Å². The normalized spacial score (nSPS) is 19.2. The molecule has 1 atom stereocenters.